The zero-order chi connectivity index (χ0) is 23.0. The van der Waals surface area contributed by atoms with E-state index in [1.54, 1.807) is 0 Å². The molecule has 172 valence electrons. The highest BCUT2D eigenvalue weighted by atomic mass is 28.4. The molecule has 0 spiro atoms. The van der Waals surface area contributed by atoms with Gasteiger partial charge in [0.1, 0.15) is 0 Å². The lowest BCUT2D eigenvalue weighted by molar-refractivity contribution is 0.222. The molecule has 0 aromatic heterocycles. The summed E-state index contributed by atoms with van der Waals surface area (Å²) in [6, 6.07) is 24.1. The average Bonchev–Trinajstić information content (AvgIpc) is 2.68. The Morgan fingerprint density at radius 1 is 0.677 bits per heavy atom. The maximum Gasteiger partial charge on any atom is 0.321 e. The molecule has 0 fully saturated rings. The molecule has 0 aliphatic rings. The van der Waals surface area contributed by atoms with Gasteiger partial charge in [0.15, 0.2) is 8.32 Å². The topological polar surface area (TPSA) is 18.5 Å². The quantitative estimate of drug-likeness (QED) is 0.276. The van der Waals surface area contributed by atoms with E-state index in [0.717, 1.165) is 6.42 Å². The summed E-state index contributed by atoms with van der Waals surface area (Å²) < 4.78 is 13.5. The first-order chi connectivity index (χ1) is 14.5. The van der Waals surface area contributed by atoms with Crippen LogP contribution in [0, 0.1) is 0 Å². The van der Waals surface area contributed by atoms with E-state index < -0.39 is 25.0 Å². The van der Waals surface area contributed by atoms with Gasteiger partial charge >= 0.3 is 8.56 Å². The van der Waals surface area contributed by atoms with Crippen LogP contribution in [0.1, 0.15) is 30.9 Å². The highest BCUT2D eigenvalue weighted by Gasteiger charge is 2.39. The fourth-order valence-corrected chi connectivity index (χ4v) is 15.7. The van der Waals surface area contributed by atoms with Gasteiger partial charge in [-0.15, -0.1) is 0 Å². The fraction of sp³-hybridized carbons (Fsp3) is 0.538. The maximum atomic E-state index is 6.78. The van der Waals surface area contributed by atoms with Crippen molar-refractivity contribution < 1.29 is 8.54 Å². The Labute approximate surface area is 194 Å². The second kappa shape index (κ2) is 11.8. The molecule has 2 rings (SSSR count). The number of aryl methyl sites for hydroxylation is 2. The minimum atomic E-state index is -2.15. The van der Waals surface area contributed by atoms with Crippen molar-refractivity contribution in [2.75, 3.05) is 0 Å². The molecule has 0 heterocycles. The Kier molecular flexibility index (Phi) is 9.96. The van der Waals surface area contributed by atoms with Crippen LogP contribution in [-0.2, 0) is 21.4 Å². The lowest BCUT2D eigenvalue weighted by Gasteiger charge is -2.39. The van der Waals surface area contributed by atoms with E-state index in [-0.39, 0.29) is 0 Å². The molecule has 31 heavy (non-hydrogen) atoms. The van der Waals surface area contributed by atoms with Crippen LogP contribution in [0.15, 0.2) is 60.7 Å². The van der Waals surface area contributed by atoms with Gasteiger partial charge in [-0.3, -0.25) is 0 Å². The predicted molar refractivity (Wildman–Crippen MR) is 143 cm³/mol. The third kappa shape index (κ3) is 10.00. The van der Waals surface area contributed by atoms with E-state index in [4.69, 9.17) is 8.54 Å². The van der Waals surface area contributed by atoms with Crippen LogP contribution in [0.2, 0.25) is 51.4 Å². The van der Waals surface area contributed by atoms with Crippen LogP contribution in [0.5, 0.6) is 0 Å². The van der Waals surface area contributed by atoms with Crippen molar-refractivity contribution in [3.05, 3.63) is 71.8 Å². The van der Waals surface area contributed by atoms with Crippen LogP contribution < -0.4 is 0 Å². The molecular formula is C26H44O2Si3. The monoisotopic (exact) mass is 472 g/mol. The molecule has 5 heteroatoms. The van der Waals surface area contributed by atoms with Gasteiger partial charge in [0.2, 0.25) is 0 Å². The smallest absolute Gasteiger partial charge is 0.321 e. The normalized spacial score (nSPS) is 13.9. The second-order valence-electron chi connectivity index (χ2n) is 10.7. The number of rotatable bonds is 13. The van der Waals surface area contributed by atoms with Crippen LogP contribution in [-0.4, -0.2) is 30.7 Å². The summed E-state index contributed by atoms with van der Waals surface area (Å²) in [5.41, 5.74) is 3.21. The Hall–Kier alpha value is -0.989. The third-order valence-electron chi connectivity index (χ3n) is 6.30. The number of hydrogen-bond donors (Lipinski definition) is 0. The largest absolute Gasteiger partial charge is 0.436 e. The van der Waals surface area contributed by atoms with Crippen molar-refractivity contribution >= 4 is 25.0 Å². The van der Waals surface area contributed by atoms with Crippen molar-refractivity contribution in [1.29, 1.82) is 0 Å². The summed E-state index contributed by atoms with van der Waals surface area (Å²) in [6.45, 7) is 16.5. The maximum absolute atomic E-state index is 6.78. The van der Waals surface area contributed by atoms with Gasteiger partial charge in [-0.05, 0) is 69.5 Å². The molecule has 0 aliphatic heterocycles. The van der Waals surface area contributed by atoms with E-state index in [1.165, 1.54) is 42.5 Å². The van der Waals surface area contributed by atoms with E-state index in [9.17, 15) is 0 Å². The standard InChI is InChI=1S/C26H44O2Si3/c1-24(29(2,3)22-14-20-25-16-10-8-11-17-25)27-31(6,7)28-30(4,5)23-15-21-26-18-12-9-13-19-26/h8-13,16-19,24H,14-15,20-23H2,1-7H3. The van der Waals surface area contributed by atoms with E-state index in [2.05, 4.69) is 107 Å². The Morgan fingerprint density at radius 3 is 1.61 bits per heavy atom. The van der Waals surface area contributed by atoms with Gasteiger partial charge in [0.05, 0.1) is 8.07 Å². The van der Waals surface area contributed by atoms with Crippen molar-refractivity contribution in [2.24, 2.45) is 0 Å². The predicted octanol–water partition coefficient (Wildman–Crippen LogP) is 7.83. The first-order valence-corrected chi connectivity index (χ1v) is 21.2. The molecule has 0 saturated heterocycles. The molecule has 2 nitrogen and oxygen atoms in total. The van der Waals surface area contributed by atoms with Gasteiger partial charge in [0.25, 0.3) is 0 Å². The van der Waals surface area contributed by atoms with Crippen molar-refractivity contribution in [1.82, 2.24) is 0 Å². The first kappa shape index (κ1) is 26.3. The summed E-state index contributed by atoms with van der Waals surface area (Å²) in [4.78, 5) is 0. The Balaban J connectivity index is 1.79. The zero-order valence-corrected chi connectivity index (χ0v) is 23.9. The SMILES string of the molecule is CC(O[Si](C)(C)O[Si](C)(C)CCCc1ccccc1)[Si](C)(C)CCCc1ccccc1. The molecule has 0 amide bonds. The molecule has 2 aromatic rings. The average molecular weight is 473 g/mol. The molecule has 0 N–H and O–H groups in total. The van der Waals surface area contributed by atoms with Crippen molar-refractivity contribution in [2.45, 2.75) is 89.7 Å². The van der Waals surface area contributed by atoms with Crippen LogP contribution in [0.4, 0.5) is 0 Å². The van der Waals surface area contributed by atoms with E-state index in [1.807, 2.05) is 0 Å². The van der Waals surface area contributed by atoms with Crippen LogP contribution in [0.25, 0.3) is 0 Å². The molecule has 1 atom stereocenters. The minimum Gasteiger partial charge on any atom is -0.436 e. The summed E-state index contributed by atoms with van der Waals surface area (Å²) in [5, 5.41) is 0. The van der Waals surface area contributed by atoms with Crippen molar-refractivity contribution in [3.8, 4) is 0 Å². The van der Waals surface area contributed by atoms with Gasteiger partial charge < -0.3 is 8.54 Å². The third-order valence-corrected chi connectivity index (χ3v) is 17.2. The molecule has 2 aromatic carbocycles. The van der Waals surface area contributed by atoms with Gasteiger partial charge in [-0.25, -0.2) is 0 Å². The van der Waals surface area contributed by atoms with Gasteiger partial charge in [-0.2, -0.15) is 0 Å². The fourth-order valence-electron chi connectivity index (χ4n) is 4.28. The van der Waals surface area contributed by atoms with Gasteiger partial charge in [0, 0.05) is 5.73 Å². The Morgan fingerprint density at radius 2 is 1.13 bits per heavy atom. The van der Waals surface area contributed by atoms with Crippen LogP contribution in [0.3, 0.4) is 0 Å². The number of hydrogen-bond acceptors (Lipinski definition) is 2. The summed E-state index contributed by atoms with van der Waals surface area (Å²) in [5.74, 6) is 0. The van der Waals surface area contributed by atoms with Crippen LogP contribution >= 0.6 is 0 Å². The van der Waals surface area contributed by atoms with Crippen molar-refractivity contribution in [3.63, 3.8) is 0 Å². The molecular weight excluding hydrogens is 429 g/mol. The van der Waals surface area contributed by atoms with E-state index >= 15 is 0 Å². The first-order valence-electron chi connectivity index (χ1n) is 11.9. The molecule has 0 bridgehead atoms. The summed E-state index contributed by atoms with van der Waals surface area (Å²) >= 11 is 0. The highest BCUT2D eigenvalue weighted by Crippen LogP contribution is 2.27. The lowest BCUT2D eigenvalue weighted by Crippen LogP contribution is -2.53. The minimum absolute atomic E-state index is 0.332. The highest BCUT2D eigenvalue weighted by molar-refractivity contribution is 6.83. The molecule has 0 radical (unpaired) electrons. The molecule has 0 saturated carbocycles. The van der Waals surface area contributed by atoms with E-state index in [0.29, 0.717) is 5.73 Å². The zero-order valence-electron chi connectivity index (χ0n) is 20.9. The number of benzene rings is 2. The molecule has 1 unspecified atom stereocenters. The Bertz CT molecular complexity index is 761. The molecule has 0 aliphatic carbocycles. The van der Waals surface area contributed by atoms with Gasteiger partial charge in [-0.1, -0.05) is 86.2 Å². The lowest BCUT2D eigenvalue weighted by atomic mass is 10.1. The summed E-state index contributed by atoms with van der Waals surface area (Å²) in [6.07, 6.45) is 4.76. The second-order valence-corrected chi connectivity index (χ2v) is 23.9. The summed E-state index contributed by atoms with van der Waals surface area (Å²) in [7, 11) is -5.35.